The number of aromatic nitrogens is 1. The van der Waals surface area contributed by atoms with Gasteiger partial charge in [0.1, 0.15) is 11.6 Å². The van der Waals surface area contributed by atoms with Gasteiger partial charge in [0.25, 0.3) is 0 Å². The molecule has 1 heterocycles. The maximum atomic E-state index is 14.1. The first-order chi connectivity index (χ1) is 13.9. The molecule has 0 amide bonds. The number of aryl methyl sites for hydroxylation is 1. The quantitative estimate of drug-likeness (QED) is 0.321. The highest BCUT2D eigenvalue weighted by molar-refractivity contribution is 7.70. The van der Waals surface area contributed by atoms with E-state index < -0.39 is 22.5 Å². The van der Waals surface area contributed by atoms with E-state index in [1.165, 1.54) is 13.2 Å². The molecule has 0 unspecified atom stereocenters. The summed E-state index contributed by atoms with van der Waals surface area (Å²) >= 11 is 6.37. The summed E-state index contributed by atoms with van der Waals surface area (Å²) in [4.78, 5) is 17.2. The molecule has 3 aromatic rings. The zero-order valence-corrected chi connectivity index (χ0v) is 17.1. The van der Waals surface area contributed by atoms with Crippen molar-refractivity contribution in [3.8, 4) is 5.75 Å². The third-order valence-electron chi connectivity index (χ3n) is 4.38. The normalized spacial score (nSPS) is 11.2. The first-order valence-corrected chi connectivity index (χ1v) is 10.3. The SMILES string of the molecule is COc1cnc2ccc(C(=O)c3cc(F)cc(CCCN[SH](=O)=O)c3Cl)cc2c1. The van der Waals surface area contributed by atoms with Gasteiger partial charge in [-0.1, -0.05) is 11.6 Å². The van der Waals surface area contributed by atoms with Gasteiger partial charge in [-0.25, -0.2) is 17.5 Å². The summed E-state index contributed by atoms with van der Waals surface area (Å²) in [5.74, 6) is -0.442. The van der Waals surface area contributed by atoms with Crippen LogP contribution in [0.3, 0.4) is 0 Å². The van der Waals surface area contributed by atoms with E-state index in [0.29, 0.717) is 40.6 Å². The van der Waals surface area contributed by atoms with Gasteiger partial charge >= 0.3 is 0 Å². The minimum atomic E-state index is -2.69. The number of thiol groups is 1. The fourth-order valence-electron chi connectivity index (χ4n) is 2.96. The molecule has 0 saturated heterocycles. The Balaban J connectivity index is 1.91. The Bertz CT molecular complexity index is 1140. The summed E-state index contributed by atoms with van der Waals surface area (Å²) in [6.45, 7) is 0.203. The lowest BCUT2D eigenvalue weighted by Crippen LogP contribution is -2.13. The van der Waals surface area contributed by atoms with E-state index in [1.807, 2.05) is 0 Å². The van der Waals surface area contributed by atoms with Crippen molar-refractivity contribution in [2.24, 2.45) is 0 Å². The number of hydrogen-bond donors (Lipinski definition) is 2. The molecule has 0 aliphatic heterocycles. The number of fused-ring (bicyclic) bond motifs is 1. The number of carbonyl (C=O) groups is 1. The van der Waals surface area contributed by atoms with Gasteiger partial charge in [0.05, 0.1) is 23.8 Å². The van der Waals surface area contributed by atoms with Crippen LogP contribution in [0.25, 0.3) is 10.9 Å². The molecule has 0 fully saturated rings. The Morgan fingerprint density at radius 3 is 2.76 bits per heavy atom. The van der Waals surface area contributed by atoms with E-state index >= 15 is 0 Å². The number of pyridine rings is 1. The molecular formula is C20H18ClFN2O4S. The number of halogens is 2. The summed E-state index contributed by atoms with van der Waals surface area (Å²) in [5, 5.41) is 0.868. The van der Waals surface area contributed by atoms with Crippen LogP contribution in [0.2, 0.25) is 5.02 Å². The molecule has 152 valence electrons. The van der Waals surface area contributed by atoms with Crippen molar-refractivity contribution in [2.45, 2.75) is 12.8 Å². The summed E-state index contributed by atoms with van der Waals surface area (Å²) in [6, 6.07) is 9.08. The number of nitrogens with one attached hydrogen (secondary N) is 1. The first-order valence-electron chi connectivity index (χ1n) is 8.73. The molecule has 0 aliphatic rings. The van der Waals surface area contributed by atoms with Crippen LogP contribution < -0.4 is 9.46 Å². The van der Waals surface area contributed by atoms with Crippen molar-refractivity contribution in [3.63, 3.8) is 0 Å². The topological polar surface area (TPSA) is 85.4 Å². The number of benzene rings is 2. The van der Waals surface area contributed by atoms with Crippen LogP contribution in [0.5, 0.6) is 5.75 Å². The van der Waals surface area contributed by atoms with Crippen LogP contribution in [0, 0.1) is 5.82 Å². The third-order valence-corrected chi connectivity index (χ3v) is 5.30. The van der Waals surface area contributed by atoms with Crippen molar-refractivity contribution in [3.05, 3.63) is 70.1 Å². The van der Waals surface area contributed by atoms with E-state index in [4.69, 9.17) is 16.3 Å². The van der Waals surface area contributed by atoms with Crippen LogP contribution in [0.1, 0.15) is 27.9 Å². The van der Waals surface area contributed by atoms with E-state index in [2.05, 4.69) is 9.71 Å². The van der Waals surface area contributed by atoms with Crippen LogP contribution in [-0.2, 0) is 17.3 Å². The van der Waals surface area contributed by atoms with Gasteiger partial charge in [0, 0.05) is 23.1 Å². The second-order valence-corrected chi connectivity index (χ2v) is 7.52. The van der Waals surface area contributed by atoms with Crippen molar-refractivity contribution in [2.75, 3.05) is 13.7 Å². The van der Waals surface area contributed by atoms with Crippen molar-refractivity contribution >= 4 is 39.2 Å². The number of ketones is 1. The molecule has 0 saturated carbocycles. The fraction of sp³-hybridized carbons (Fsp3) is 0.200. The van der Waals surface area contributed by atoms with Gasteiger partial charge in [-0.3, -0.25) is 9.78 Å². The monoisotopic (exact) mass is 436 g/mol. The second kappa shape index (κ2) is 9.30. The van der Waals surface area contributed by atoms with Gasteiger partial charge in [-0.15, -0.1) is 0 Å². The number of carbonyl (C=O) groups excluding carboxylic acids is 1. The Morgan fingerprint density at radius 2 is 2.03 bits per heavy atom. The largest absolute Gasteiger partial charge is 0.495 e. The standard InChI is InChI=1S/C20H18ClFN2O4S/c1-28-16-9-14-7-13(4-5-18(14)23-11-16)20(25)17-10-15(22)8-12(19(17)21)3-2-6-24-29(26)27/h4-5,7-11,29H,2-3,6H2,1H3,(H,24,26,27). The van der Waals surface area contributed by atoms with Gasteiger partial charge < -0.3 is 4.74 Å². The molecule has 2 aromatic carbocycles. The Hall–Kier alpha value is -2.55. The Labute approximate surface area is 173 Å². The molecule has 0 bridgehead atoms. The average Bonchev–Trinajstić information content (AvgIpc) is 2.71. The molecule has 3 rings (SSSR count). The number of hydrogen-bond acceptors (Lipinski definition) is 5. The van der Waals surface area contributed by atoms with Crippen molar-refractivity contribution in [1.82, 2.24) is 9.71 Å². The zero-order valence-electron chi connectivity index (χ0n) is 15.4. The van der Waals surface area contributed by atoms with Gasteiger partial charge in [-0.05, 0) is 54.8 Å². The predicted octanol–water partition coefficient (Wildman–Crippen LogP) is 3.32. The maximum absolute atomic E-state index is 14.1. The molecule has 6 nitrogen and oxygen atoms in total. The number of methoxy groups -OCH3 is 1. The molecule has 0 spiro atoms. The van der Waals surface area contributed by atoms with E-state index in [1.54, 1.807) is 30.5 Å². The summed E-state index contributed by atoms with van der Waals surface area (Å²) in [5.41, 5.74) is 1.54. The molecule has 0 radical (unpaired) electrons. The highest BCUT2D eigenvalue weighted by Crippen LogP contribution is 2.28. The lowest BCUT2D eigenvalue weighted by Gasteiger charge is -2.11. The van der Waals surface area contributed by atoms with Crippen molar-refractivity contribution in [1.29, 1.82) is 0 Å². The van der Waals surface area contributed by atoms with Crippen LogP contribution in [0.4, 0.5) is 4.39 Å². The third kappa shape index (κ3) is 5.09. The second-order valence-electron chi connectivity index (χ2n) is 6.31. The number of ether oxygens (including phenoxy) is 1. The first kappa shape index (κ1) is 21.2. The molecule has 1 aromatic heterocycles. The Morgan fingerprint density at radius 1 is 1.24 bits per heavy atom. The fourth-order valence-corrected chi connectivity index (χ4v) is 3.59. The Kier molecular flexibility index (Phi) is 6.79. The highest BCUT2D eigenvalue weighted by Gasteiger charge is 2.18. The summed E-state index contributed by atoms with van der Waals surface area (Å²) < 4.78 is 42.7. The van der Waals surface area contributed by atoms with Gasteiger partial charge in [0.2, 0.25) is 10.9 Å². The van der Waals surface area contributed by atoms with Crippen LogP contribution in [0.15, 0.2) is 42.6 Å². The highest BCUT2D eigenvalue weighted by atomic mass is 35.5. The van der Waals surface area contributed by atoms with Crippen LogP contribution in [-0.4, -0.2) is 32.8 Å². The lowest BCUT2D eigenvalue weighted by molar-refractivity contribution is 0.103. The number of nitrogens with zero attached hydrogens (tertiary/aromatic N) is 1. The predicted molar refractivity (Wildman–Crippen MR) is 110 cm³/mol. The average molecular weight is 437 g/mol. The molecule has 1 N–H and O–H groups in total. The van der Waals surface area contributed by atoms with Crippen LogP contribution >= 0.6 is 11.6 Å². The van der Waals surface area contributed by atoms with Gasteiger partial charge in [-0.2, -0.15) is 0 Å². The summed E-state index contributed by atoms with van der Waals surface area (Å²) in [6.07, 6.45) is 2.32. The smallest absolute Gasteiger partial charge is 0.201 e. The number of rotatable bonds is 8. The van der Waals surface area contributed by atoms with E-state index in [0.717, 1.165) is 6.07 Å². The minimum absolute atomic E-state index is 0.0553. The lowest BCUT2D eigenvalue weighted by atomic mass is 9.98. The summed E-state index contributed by atoms with van der Waals surface area (Å²) in [7, 11) is -1.16. The molecule has 29 heavy (non-hydrogen) atoms. The molecule has 0 aliphatic carbocycles. The molecule has 9 heteroatoms. The maximum Gasteiger partial charge on any atom is 0.201 e. The minimum Gasteiger partial charge on any atom is -0.495 e. The van der Waals surface area contributed by atoms with Crippen molar-refractivity contribution < 1.29 is 22.3 Å². The van der Waals surface area contributed by atoms with Gasteiger partial charge in [0.15, 0.2) is 5.78 Å². The van der Waals surface area contributed by atoms with E-state index in [9.17, 15) is 17.6 Å². The van der Waals surface area contributed by atoms with E-state index in [-0.39, 0.29) is 17.1 Å². The molecule has 0 atom stereocenters. The molecular weight excluding hydrogens is 419 g/mol. The zero-order chi connectivity index (χ0) is 21.0.